The molecule has 0 radical (unpaired) electrons. The molecule has 0 fully saturated rings. The maximum atomic E-state index is 6.38. The highest BCUT2D eigenvalue weighted by Gasteiger charge is 2.11. The fraction of sp³-hybridized carbons (Fsp3) is 0.0500. The molecule has 118 valence electrons. The van der Waals surface area contributed by atoms with Gasteiger partial charge in [-0.3, -0.25) is 4.68 Å². The molecule has 4 heteroatoms. The van der Waals surface area contributed by atoms with E-state index >= 15 is 0 Å². The summed E-state index contributed by atoms with van der Waals surface area (Å²) < 4.78 is 1.97. The summed E-state index contributed by atoms with van der Waals surface area (Å²) >= 11 is 12.4. The Morgan fingerprint density at radius 2 is 1.67 bits per heavy atom. The average molecular weight is 353 g/mol. The van der Waals surface area contributed by atoms with E-state index in [2.05, 4.69) is 24.4 Å². The molecule has 3 aromatic carbocycles. The van der Waals surface area contributed by atoms with Gasteiger partial charge in [0.15, 0.2) is 0 Å². The Hall–Kier alpha value is -2.29. The van der Waals surface area contributed by atoms with Gasteiger partial charge in [0.25, 0.3) is 0 Å². The second-order valence-corrected chi connectivity index (χ2v) is 6.52. The van der Waals surface area contributed by atoms with Crippen LogP contribution in [0.25, 0.3) is 22.0 Å². The molecule has 1 heterocycles. The van der Waals surface area contributed by atoms with Crippen LogP contribution in [0, 0.1) is 0 Å². The topological polar surface area (TPSA) is 17.8 Å². The van der Waals surface area contributed by atoms with E-state index in [4.69, 9.17) is 28.3 Å². The number of benzene rings is 3. The van der Waals surface area contributed by atoms with E-state index in [1.807, 2.05) is 47.1 Å². The van der Waals surface area contributed by atoms with Crippen molar-refractivity contribution in [2.24, 2.45) is 0 Å². The SMILES string of the molecule is Clc1ccc(-c2cccc3cn(Cc4ccccc4)nc23)c(Cl)c1. The van der Waals surface area contributed by atoms with Crippen molar-refractivity contribution in [2.45, 2.75) is 6.54 Å². The molecule has 24 heavy (non-hydrogen) atoms. The van der Waals surface area contributed by atoms with Gasteiger partial charge in [-0.05, 0) is 17.7 Å². The number of fused-ring (bicyclic) bond motifs is 1. The van der Waals surface area contributed by atoms with E-state index in [-0.39, 0.29) is 0 Å². The Morgan fingerprint density at radius 1 is 0.833 bits per heavy atom. The van der Waals surface area contributed by atoms with Gasteiger partial charge >= 0.3 is 0 Å². The zero-order valence-electron chi connectivity index (χ0n) is 12.8. The average Bonchev–Trinajstić information content (AvgIpc) is 2.98. The summed E-state index contributed by atoms with van der Waals surface area (Å²) in [6, 6.07) is 22.0. The second-order valence-electron chi connectivity index (χ2n) is 5.68. The predicted molar refractivity (Wildman–Crippen MR) is 101 cm³/mol. The molecule has 2 nitrogen and oxygen atoms in total. The smallest absolute Gasteiger partial charge is 0.100 e. The molecule has 0 saturated carbocycles. The van der Waals surface area contributed by atoms with Crippen LogP contribution in [0.3, 0.4) is 0 Å². The van der Waals surface area contributed by atoms with E-state index in [1.165, 1.54) is 5.56 Å². The van der Waals surface area contributed by atoms with Crippen LogP contribution in [0.15, 0.2) is 72.9 Å². The minimum absolute atomic E-state index is 0.630. The van der Waals surface area contributed by atoms with Crippen molar-refractivity contribution in [3.8, 4) is 11.1 Å². The molecule has 1 aromatic heterocycles. The van der Waals surface area contributed by atoms with E-state index in [9.17, 15) is 0 Å². The van der Waals surface area contributed by atoms with Crippen LogP contribution < -0.4 is 0 Å². The lowest BCUT2D eigenvalue weighted by atomic mass is 10.0. The summed E-state index contributed by atoms with van der Waals surface area (Å²) in [5.74, 6) is 0. The standard InChI is InChI=1S/C20H14Cl2N2/c21-16-9-10-17(19(22)11-16)18-8-4-7-15-13-24(23-20(15)18)12-14-5-2-1-3-6-14/h1-11,13H,12H2. The van der Waals surface area contributed by atoms with E-state index < -0.39 is 0 Å². The Bertz CT molecular complexity index is 1010. The summed E-state index contributed by atoms with van der Waals surface area (Å²) in [4.78, 5) is 0. The Balaban J connectivity index is 1.80. The van der Waals surface area contributed by atoms with Crippen molar-refractivity contribution in [1.82, 2.24) is 9.78 Å². The Labute approximate surface area is 150 Å². The van der Waals surface area contributed by atoms with Crippen LogP contribution in [0.5, 0.6) is 0 Å². The van der Waals surface area contributed by atoms with Gasteiger partial charge < -0.3 is 0 Å². The fourth-order valence-electron chi connectivity index (χ4n) is 2.87. The molecule has 0 N–H and O–H groups in total. The first-order valence-corrected chi connectivity index (χ1v) is 8.42. The first-order valence-electron chi connectivity index (χ1n) is 7.66. The van der Waals surface area contributed by atoms with E-state index in [0.29, 0.717) is 10.0 Å². The molecule has 0 amide bonds. The molecule has 4 aromatic rings. The molecule has 0 aliphatic rings. The number of halogens is 2. The zero-order chi connectivity index (χ0) is 16.5. The normalized spacial score (nSPS) is 11.1. The first kappa shape index (κ1) is 15.3. The largest absolute Gasteiger partial charge is 0.267 e. The summed E-state index contributed by atoms with van der Waals surface area (Å²) in [5, 5.41) is 7.13. The van der Waals surface area contributed by atoms with Gasteiger partial charge in [-0.25, -0.2) is 0 Å². The summed E-state index contributed by atoms with van der Waals surface area (Å²) in [5.41, 5.74) is 4.12. The van der Waals surface area contributed by atoms with Gasteiger partial charge in [0.2, 0.25) is 0 Å². The van der Waals surface area contributed by atoms with Crippen molar-refractivity contribution in [1.29, 1.82) is 0 Å². The van der Waals surface area contributed by atoms with Crippen LogP contribution in [0.2, 0.25) is 10.0 Å². The number of rotatable bonds is 3. The van der Waals surface area contributed by atoms with Gasteiger partial charge in [-0.2, -0.15) is 5.10 Å². The third-order valence-corrected chi connectivity index (χ3v) is 4.54. The quantitative estimate of drug-likeness (QED) is 0.438. The highest BCUT2D eigenvalue weighted by molar-refractivity contribution is 6.36. The van der Waals surface area contributed by atoms with Gasteiger partial charge in [-0.15, -0.1) is 0 Å². The first-order chi connectivity index (χ1) is 11.7. The molecular formula is C20H14Cl2N2. The monoisotopic (exact) mass is 352 g/mol. The Kier molecular flexibility index (Phi) is 4.01. The molecule has 0 saturated heterocycles. The van der Waals surface area contributed by atoms with Gasteiger partial charge in [0.1, 0.15) is 5.52 Å². The van der Waals surface area contributed by atoms with E-state index in [1.54, 1.807) is 6.07 Å². The third-order valence-electron chi connectivity index (χ3n) is 3.99. The lowest BCUT2D eigenvalue weighted by molar-refractivity contribution is 0.696. The number of hydrogen-bond acceptors (Lipinski definition) is 1. The van der Waals surface area contributed by atoms with Crippen LogP contribution in [-0.4, -0.2) is 9.78 Å². The zero-order valence-corrected chi connectivity index (χ0v) is 14.3. The lowest BCUT2D eigenvalue weighted by Gasteiger charge is -2.06. The number of aromatic nitrogens is 2. The minimum Gasteiger partial charge on any atom is -0.267 e. The van der Waals surface area contributed by atoms with Crippen LogP contribution in [-0.2, 0) is 6.54 Å². The van der Waals surface area contributed by atoms with Crippen molar-refractivity contribution >= 4 is 34.1 Å². The maximum absolute atomic E-state index is 6.38. The highest BCUT2D eigenvalue weighted by Crippen LogP contribution is 2.34. The molecule has 0 atom stereocenters. The number of nitrogens with zero attached hydrogens (tertiary/aromatic N) is 2. The minimum atomic E-state index is 0.630. The molecule has 0 unspecified atom stereocenters. The van der Waals surface area contributed by atoms with Crippen molar-refractivity contribution in [3.05, 3.63) is 88.5 Å². The van der Waals surface area contributed by atoms with Crippen molar-refractivity contribution in [3.63, 3.8) is 0 Å². The summed E-state index contributed by atoms with van der Waals surface area (Å²) in [6.07, 6.45) is 2.07. The van der Waals surface area contributed by atoms with E-state index in [0.717, 1.165) is 28.6 Å². The van der Waals surface area contributed by atoms with Gasteiger partial charge in [0.05, 0.1) is 6.54 Å². The van der Waals surface area contributed by atoms with Crippen LogP contribution in [0.1, 0.15) is 5.56 Å². The fourth-order valence-corrected chi connectivity index (χ4v) is 3.38. The highest BCUT2D eigenvalue weighted by atomic mass is 35.5. The predicted octanol–water partition coefficient (Wildman–Crippen LogP) is 6.06. The molecule has 0 bridgehead atoms. The molecular weight excluding hydrogens is 339 g/mol. The summed E-state index contributed by atoms with van der Waals surface area (Å²) in [6.45, 7) is 0.739. The maximum Gasteiger partial charge on any atom is 0.100 e. The van der Waals surface area contributed by atoms with Crippen molar-refractivity contribution in [2.75, 3.05) is 0 Å². The molecule has 0 aliphatic heterocycles. The molecule has 4 rings (SSSR count). The number of hydrogen-bond donors (Lipinski definition) is 0. The van der Waals surface area contributed by atoms with Gasteiger partial charge in [0, 0.05) is 32.8 Å². The molecule has 0 aliphatic carbocycles. The third kappa shape index (κ3) is 2.91. The molecule has 0 spiro atoms. The lowest BCUT2D eigenvalue weighted by Crippen LogP contribution is -1.99. The Morgan fingerprint density at radius 3 is 2.46 bits per heavy atom. The van der Waals surface area contributed by atoms with Crippen LogP contribution >= 0.6 is 23.2 Å². The van der Waals surface area contributed by atoms with Crippen molar-refractivity contribution < 1.29 is 0 Å². The van der Waals surface area contributed by atoms with Gasteiger partial charge in [-0.1, -0.05) is 77.8 Å². The summed E-state index contributed by atoms with van der Waals surface area (Å²) in [7, 11) is 0. The second kappa shape index (κ2) is 6.31. The van der Waals surface area contributed by atoms with Crippen LogP contribution in [0.4, 0.5) is 0 Å².